The Morgan fingerprint density at radius 1 is 1.23 bits per heavy atom. The molecule has 2 aromatic rings. The second kappa shape index (κ2) is 7.37. The minimum absolute atomic E-state index is 0.156. The summed E-state index contributed by atoms with van der Waals surface area (Å²) in [5, 5.41) is 11.4. The zero-order chi connectivity index (χ0) is 17.9. The number of furan rings is 1. The van der Waals surface area contributed by atoms with Crippen molar-refractivity contribution in [3.05, 3.63) is 59.0 Å². The van der Waals surface area contributed by atoms with Gasteiger partial charge in [-0.25, -0.2) is 10.0 Å². The molecule has 6 nitrogen and oxygen atoms in total. The molecule has 1 N–H and O–H groups in total. The lowest BCUT2D eigenvalue weighted by Crippen LogP contribution is -2.50. The normalized spacial score (nSPS) is 18.6. The molecule has 3 heterocycles. The third-order valence-corrected chi connectivity index (χ3v) is 5.25. The predicted octanol–water partition coefficient (Wildman–Crippen LogP) is 2.35. The lowest BCUT2D eigenvalue weighted by molar-refractivity contribution is -0.116. The topological polar surface area (TPSA) is 70.2 Å². The number of hydrogen-bond acceptors (Lipinski definition) is 6. The van der Waals surface area contributed by atoms with Crippen LogP contribution < -0.4 is 15.9 Å². The summed E-state index contributed by atoms with van der Waals surface area (Å²) in [6.07, 6.45) is 4.57. The Hall–Kier alpha value is -2.54. The third kappa shape index (κ3) is 3.14. The first-order chi connectivity index (χ1) is 12.8. The maximum absolute atomic E-state index is 12.8. The van der Waals surface area contributed by atoms with Gasteiger partial charge in [-0.15, -0.1) is 5.10 Å². The molecule has 0 saturated heterocycles. The molecule has 1 unspecified atom stereocenters. The van der Waals surface area contributed by atoms with Gasteiger partial charge in [0.25, 0.3) is 5.91 Å². The van der Waals surface area contributed by atoms with Gasteiger partial charge in [-0.3, -0.25) is 10.1 Å². The Morgan fingerprint density at radius 3 is 2.92 bits per heavy atom. The maximum Gasteiger partial charge on any atom is 0.276 e. The minimum Gasteiger partial charge on any atom is -0.465 e. The van der Waals surface area contributed by atoms with Crippen molar-refractivity contribution >= 4 is 28.5 Å². The number of hydrazone groups is 1. The van der Waals surface area contributed by atoms with E-state index in [1.165, 1.54) is 12.8 Å². The van der Waals surface area contributed by atoms with Crippen LogP contribution in [0.25, 0.3) is 5.70 Å². The first-order valence-electron chi connectivity index (χ1n) is 8.80. The van der Waals surface area contributed by atoms with Crippen LogP contribution in [0.1, 0.15) is 38.1 Å². The summed E-state index contributed by atoms with van der Waals surface area (Å²) in [6.45, 7) is 2.17. The number of benzene rings is 1. The van der Waals surface area contributed by atoms with Crippen LogP contribution in [-0.4, -0.2) is 21.8 Å². The van der Waals surface area contributed by atoms with E-state index < -0.39 is 6.17 Å². The lowest BCUT2D eigenvalue weighted by atomic mass is 10.1. The van der Waals surface area contributed by atoms with Crippen molar-refractivity contribution in [2.75, 3.05) is 5.75 Å². The fourth-order valence-electron chi connectivity index (χ4n) is 3.04. The van der Waals surface area contributed by atoms with Crippen molar-refractivity contribution in [2.24, 2.45) is 10.1 Å². The molecule has 2 aliphatic rings. The number of amidine groups is 1. The van der Waals surface area contributed by atoms with Crippen molar-refractivity contribution in [3.8, 4) is 0 Å². The van der Waals surface area contributed by atoms with Crippen LogP contribution in [0.4, 0.5) is 0 Å². The van der Waals surface area contributed by atoms with Crippen LogP contribution in [0.15, 0.2) is 57.2 Å². The summed E-state index contributed by atoms with van der Waals surface area (Å²) >= 11 is 1.57. The Labute approximate surface area is 155 Å². The van der Waals surface area contributed by atoms with Crippen LogP contribution in [0.2, 0.25) is 0 Å². The van der Waals surface area contributed by atoms with Crippen molar-refractivity contribution in [1.82, 2.24) is 10.3 Å². The molecule has 0 radical (unpaired) electrons. The Kier molecular flexibility index (Phi) is 4.79. The van der Waals surface area contributed by atoms with Gasteiger partial charge in [0, 0.05) is 11.0 Å². The molecule has 0 spiro atoms. The second-order valence-corrected chi connectivity index (χ2v) is 7.23. The van der Waals surface area contributed by atoms with E-state index in [0.29, 0.717) is 16.6 Å². The highest BCUT2D eigenvalue weighted by atomic mass is 32.2. The fourth-order valence-corrected chi connectivity index (χ4v) is 3.89. The highest BCUT2D eigenvalue weighted by molar-refractivity contribution is 8.13. The van der Waals surface area contributed by atoms with E-state index in [9.17, 15) is 4.79 Å². The molecular weight excluding hydrogens is 348 g/mol. The summed E-state index contributed by atoms with van der Waals surface area (Å²) < 4.78 is 5.56. The van der Waals surface area contributed by atoms with Gasteiger partial charge in [-0.2, -0.15) is 0 Å². The number of fused-ring (bicyclic) bond motifs is 2. The number of amides is 1. The summed E-state index contributed by atoms with van der Waals surface area (Å²) in [6, 6.07) is 11.3. The van der Waals surface area contributed by atoms with Crippen LogP contribution in [-0.2, 0) is 4.79 Å². The Bertz CT molecular complexity index is 952. The standard InChI is InChI=1S/C19H20N4O2S/c1-2-3-6-12-26-19-21-18(24)16-13-8-4-5-9-14(13)20-17(23(16)22-19)15-10-7-11-25-15/h4-5,7-11,17H,2-3,6,12H2,1H3,(H,21,22,24). The number of para-hydroxylation sites is 1. The predicted molar refractivity (Wildman–Crippen MR) is 101 cm³/mol. The van der Waals surface area contributed by atoms with Gasteiger partial charge in [-0.1, -0.05) is 49.7 Å². The van der Waals surface area contributed by atoms with Gasteiger partial charge in [0.15, 0.2) is 5.17 Å². The van der Waals surface area contributed by atoms with E-state index in [-0.39, 0.29) is 5.91 Å². The van der Waals surface area contributed by atoms with Gasteiger partial charge >= 0.3 is 0 Å². The largest absolute Gasteiger partial charge is 0.465 e. The number of unbranched alkanes of at least 4 members (excludes halogenated alkanes) is 2. The molecule has 0 aliphatic carbocycles. The number of carbonyl (C=O) groups is 1. The SMILES string of the molecule is CCCCCSC1=NN2C(=c3ccccc3=NC2c2ccco2)C(=O)N1. The second-order valence-electron chi connectivity index (χ2n) is 6.14. The molecule has 1 amide bonds. The molecule has 2 aliphatic heterocycles. The highest BCUT2D eigenvalue weighted by Gasteiger charge is 2.35. The number of nitrogens with one attached hydrogen (secondary N) is 1. The average Bonchev–Trinajstić information content (AvgIpc) is 3.19. The highest BCUT2D eigenvalue weighted by Crippen LogP contribution is 2.30. The minimum atomic E-state index is -0.479. The third-order valence-electron chi connectivity index (χ3n) is 4.30. The van der Waals surface area contributed by atoms with Crippen LogP contribution in [0, 0.1) is 0 Å². The zero-order valence-electron chi connectivity index (χ0n) is 14.5. The molecule has 0 bridgehead atoms. The molecule has 1 atom stereocenters. The lowest BCUT2D eigenvalue weighted by Gasteiger charge is -2.32. The number of nitrogens with zero attached hydrogens (tertiary/aromatic N) is 3. The summed E-state index contributed by atoms with van der Waals surface area (Å²) in [4.78, 5) is 17.6. The van der Waals surface area contributed by atoms with Crippen molar-refractivity contribution in [1.29, 1.82) is 0 Å². The number of rotatable bonds is 5. The van der Waals surface area contributed by atoms with E-state index >= 15 is 0 Å². The first kappa shape index (κ1) is 16.9. The summed E-state index contributed by atoms with van der Waals surface area (Å²) in [5.74, 6) is 1.43. The fraction of sp³-hybridized carbons (Fsp3) is 0.316. The van der Waals surface area contributed by atoms with Gasteiger partial charge < -0.3 is 4.42 Å². The molecule has 7 heteroatoms. The number of thioether (sulfide) groups is 1. The van der Waals surface area contributed by atoms with Crippen molar-refractivity contribution < 1.29 is 9.21 Å². The zero-order valence-corrected chi connectivity index (χ0v) is 15.3. The van der Waals surface area contributed by atoms with Crippen LogP contribution >= 0.6 is 11.8 Å². The first-order valence-corrected chi connectivity index (χ1v) is 9.79. The quantitative estimate of drug-likeness (QED) is 0.823. The summed E-state index contributed by atoms with van der Waals surface area (Å²) in [5.41, 5.74) is 0.509. The monoisotopic (exact) mass is 368 g/mol. The number of carbonyl (C=O) groups excluding carboxylic acids is 1. The molecule has 134 valence electrons. The van der Waals surface area contributed by atoms with Gasteiger partial charge in [0.1, 0.15) is 11.5 Å². The van der Waals surface area contributed by atoms with E-state index in [1.54, 1.807) is 23.0 Å². The molecule has 1 aromatic heterocycles. The Morgan fingerprint density at radius 2 is 2.12 bits per heavy atom. The molecule has 4 rings (SSSR count). The van der Waals surface area contributed by atoms with E-state index in [2.05, 4.69) is 17.3 Å². The molecule has 26 heavy (non-hydrogen) atoms. The molecular formula is C19H20N4O2S. The van der Waals surface area contributed by atoms with Crippen LogP contribution in [0.5, 0.6) is 0 Å². The van der Waals surface area contributed by atoms with E-state index in [4.69, 9.17) is 9.41 Å². The van der Waals surface area contributed by atoms with Crippen molar-refractivity contribution in [2.45, 2.75) is 32.4 Å². The van der Waals surface area contributed by atoms with Crippen LogP contribution in [0.3, 0.4) is 0 Å². The number of hydrogen-bond donors (Lipinski definition) is 1. The van der Waals surface area contributed by atoms with Gasteiger partial charge in [0.2, 0.25) is 6.17 Å². The van der Waals surface area contributed by atoms with Gasteiger partial charge in [-0.05, 0) is 24.6 Å². The molecule has 1 aromatic carbocycles. The summed E-state index contributed by atoms with van der Waals surface area (Å²) in [7, 11) is 0. The van der Waals surface area contributed by atoms with E-state index in [0.717, 1.165) is 22.7 Å². The average molecular weight is 368 g/mol. The maximum atomic E-state index is 12.8. The van der Waals surface area contributed by atoms with Gasteiger partial charge in [0.05, 0.1) is 11.6 Å². The Balaban J connectivity index is 1.75. The van der Waals surface area contributed by atoms with E-state index in [1.807, 2.05) is 36.4 Å². The smallest absolute Gasteiger partial charge is 0.276 e. The molecule has 0 fully saturated rings. The van der Waals surface area contributed by atoms with Crippen molar-refractivity contribution in [3.63, 3.8) is 0 Å². The molecule has 0 saturated carbocycles.